The van der Waals surface area contributed by atoms with E-state index in [-0.39, 0.29) is 6.42 Å². The average molecular weight is 336 g/mol. The van der Waals surface area contributed by atoms with Gasteiger partial charge in [0.1, 0.15) is 11.5 Å². The number of hydrogen-bond acceptors (Lipinski definition) is 3. The van der Waals surface area contributed by atoms with E-state index in [0.29, 0.717) is 35.5 Å². The molecule has 0 spiro atoms. The second kappa shape index (κ2) is 7.64. The SMILES string of the molecule is C#CCc1cc(C(CC)(Cc2occc2C#C)C(=O)O)ccc1OC. The molecule has 0 saturated heterocycles. The highest BCUT2D eigenvalue weighted by atomic mass is 16.5. The molecule has 1 aromatic carbocycles. The van der Waals surface area contributed by atoms with Gasteiger partial charge in [0.2, 0.25) is 0 Å². The van der Waals surface area contributed by atoms with Crippen molar-refractivity contribution in [3.05, 3.63) is 53.0 Å². The molecule has 2 aromatic rings. The smallest absolute Gasteiger partial charge is 0.314 e. The molecule has 0 bridgehead atoms. The molecule has 128 valence electrons. The Morgan fingerprint density at radius 2 is 2.12 bits per heavy atom. The molecule has 1 unspecified atom stereocenters. The van der Waals surface area contributed by atoms with Gasteiger partial charge in [0.25, 0.3) is 0 Å². The molecule has 0 aliphatic carbocycles. The minimum atomic E-state index is -1.17. The molecule has 25 heavy (non-hydrogen) atoms. The van der Waals surface area contributed by atoms with Crippen molar-refractivity contribution >= 4 is 5.97 Å². The lowest BCUT2D eigenvalue weighted by molar-refractivity contribution is -0.144. The first-order valence-corrected chi connectivity index (χ1v) is 7.89. The highest BCUT2D eigenvalue weighted by Crippen LogP contribution is 2.36. The van der Waals surface area contributed by atoms with Crippen LogP contribution in [0.4, 0.5) is 0 Å². The maximum atomic E-state index is 12.2. The van der Waals surface area contributed by atoms with Gasteiger partial charge >= 0.3 is 5.97 Å². The van der Waals surface area contributed by atoms with Crippen LogP contribution in [-0.4, -0.2) is 18.2 Å². The van der Waals surface area contributed by atoms with Crippen LogP contribution in [-0.2, 0) is 23.1 Å². The summed E-state index contributed by atoms with van der Waals surface area (Å²) in [4.78, 5) is 12.2. The maximum absolute atomic E-state index is 12.2. The van der Waals surface area contributed by atoms with Crippen LogP contribution in [0.25, 0.3) is 0 Å². The molecule has 1 atom stereocenters. The minimum Gasteiger partial charge on any atom is -0.496 e. The minimum absolute atomic E-state index is 0.160. The Morgan fingerprint density at radius 3 is 2.68 bits per heavy atom. The highest BCUT2D eigenvalue weighted by molar-refractivity contribution is 5.82. The van der Waals surface area contributed by atoms with Gasteiger partial charge in [-0.05, 0) is 30.2 Å². The summed E-state index contributed by atoms with van der Waals surface area (Å²) in [7, 11) is 1.56. The second-order valence-corrected chi connectivity index (χ2v) is 5.73. The summed E-state index contributed by atoms with van der Waals surface area (Å²) in [6.07, 6.45) is 13.3. The van der Waals surface area contributed by atoms with Crippen molar-refractivity contribution in [1.82, 2.24) is 0 Å². The number of ether oxygens (including phenoxy) is 1. The Bertz CT molecular complexity index is 848. The fourth-order valence-electron chi connectivity index (χ4n) is 2.99. The van der Waals surface area contributed by atoms with Gasteiger partial charge in [-0.2, -0.15) is 0 Å². The quantitative estimate of drug-likeness (QED) is 0.787. The lowest BCUT2D eigenvalue weighted by Gasteiger charge is -2.29. The zero-order valence-corrected chi connectivity index (χ0v) is 14.3. The van der Waals surface area contributed by atoms with Crippen LogP contribution in [0.2, 0.25) is 0 Å². The molecule has 0 saturated carbocycles. The van der Waals surface area contributed by atoms with E-state index in [0.717, 1.165) is 5.56 Å². The third kappa shape index (κ3) is 3.39. The average Bonchev–Trinajstić information content (AvgIpc) is 3.06. The van der Waals surface area contributed by atoms with Gasteiger partial charge in [0, 0.05) is 18.4 Å². The molecule has 0 aliphatic rings. The maximum Gasteiger partial charge on any atom is 0.314 e. The van der Waals surface area contributed by atoms with Crippen molar-refractivity contribution in [1.29, 1.82) is 0 Å². The van der Waals surface area contributed by atoms with Crippen LogP contribution in [0.1, 0.15) is 35.8 Å². The van der Waals surface area contributed by atoms with Gasteiger partial charge in [-0.25, -0.2) is 0 Å². The first-order chi connectivity index (χ1) is 12.0. The largest absolute Gasteiger partial charge is 0.496 e. The number of aliphatic carboxylic acids is 1. The fraction of sp³-hybridized carbons (Fsp3) is 0.286. The highest BCUT2D eigenvalue weighted by Gasteiger charge is 2.40. The number of terminal acetylenes is 2. The zero-order chi connectivity index (χ0) is 18.4. The lowest BCUT2D eigenvalue weighted by atomic mass is 9.73. The van der Waals surface area contributed by atoms with Gasteiger partial charge < -0.3 is 14.3 Å². The number of hydrogen-bond donors (Lipinski definition) is 1. The zero-order valence-electron chi connectivity index (χ0n) is 14.3. The summed E-state index contributed by atoms with van der Waals surface area (Å²) >= 11 is 0. The second-order valence-electron chi connectivity index (χ2n) is 5.73. The van der Waals surface area contributed by atoms with Crippen LogP contribution in [0.15, 0.2) is 34.9 Å². The first-order valence-electron chi connectivity index (χ1n) is 7.89. The van der Waals surface area contributed by atoms with Crippen molar-refractivity contribution in [2.75, 3.05) is 7.11 Å². The van der Waals surface area contributed by atoms with Crippen molar-refractivity contribution < 1.29 is 19.1 Å². The summed E-state index contributed by atoms with van der Waals surface area (Å²) in [5.74, 6) is 5.29. The number of benzene rings is 1. The molecule has 0 aliphatic heterocycles. The van der Waals surface area contributed by atoms with E-state index in [1.165, 1.54) is 6.26 Å². The van der Waals surface area contributed by atoms with Gasteiger partial charge in [-0.15, -0.1) is 18.8 Å². The van der Waals surface area contributed by atoms with E-state index >= 15 is 0 Å². The van der Waals surface area contributed by atoms with Crippen LogP contribution in [0, 0.1) is 24.7 Å². The number of carboxylic acid groups (broad SMARTS) is 1. The first kappa shape index (κ1) is 18.2. The van der Waals surface area contributed by atoms with Crippen molar-refractivity contribution in [3.8, 4) is 30.4 Å². The van der Waals surface area contributed by atoms with Crippen LogP contribution >= 0.6 is 0 Å². The van der Waals surface area contributed by atoms with Crippen LogP contribution < -0.4 is 4.74 Å². The van der Waals surface area contributed by atoms with Crippen molar-refractivity contribution in [3.63, 3.8) is 0 Å². The van der Waals surface area contributed by atoms with Gasteiger partial charge in [-0.3, -0.25) is 4.79 Å². The number of carboxylic acids is 1. The van der Waals surface area contributed by atoms with Crippen molar-refractivity contribution in [2.45, 2.75) is 31.6 Å². The molecule has 4 nitrogen and oxygen atoms in total. The molecule has 0 radical (unpaired) electrons. The molecule has 1 heterocycles. The van der Waals surface area contributed by atoms with E-state index in [9.17, 15) is 9.90 Å². The summed E-state index contributed by atoms with van der Waals surface area (Å²) in [5, 5.41) is 10.0. The van der Waals surface area contributed by atoms with E-state index in [4.69, 9.17) is 22.0 Å². The molecular weight excluding hydrogens is 316 g/mol. The fourth-order valence-corrected chi connectivity index (χ4v) is 2.99. The van der Waals surface area contributed by atoms with Crippen molar-refractivity contribution in [2.24, 2.45) is 0 Å². The molecule has 2 rings (SSSR count). The number of carbonyl (C=O) groups is 1. The van der Waals surface area contributed by atoms with E-state index in [1.54, 1.807) is 31.4 Å². The standard InChI is InChI=1S/C21H20O4/c1-5-8-16-13-17(9-10-18(16)24-4)21(7-3,20(22)23)14-19-15(6-2)11-12-25-19/h1-2,9-13H,7-8,14H2,3-4H3,(H,22,23). The normalized spacial score (nSPS) is 12.6. The number of furan rings is 1. The Morgan fingerprint density at radius 1 is 1.36 bits per heavy atom. The Hall–Kier alpha value is -3.11. The summed E-state index contributed by atoms with van der Waals surface area (Å²) < 4.78 is 10.8. The van der Waals surface area contributed by atoms with E-state index in [2.05, 4.69) is 11.8 Å². The van der Waals surface area contributed by atoms with Crippen LogP contribution in [0.5, 0.6) is 5.75 Å². The van der Waals surface area contributed by atoms with Crippen LogP contribution in [0.3, 0.4) is 0 Å². The predicted molar refractivity (Wildman–Crippen MR) is 95.5 cm³/mol. The van der Waals surface area contributed by atoms with Gasteiger partial charge in [0.15, 0.2) is 0 Å². The molecule has 1 aromatic heterocycles. The lowest BCUT2D eigenvalue weighted by Crippen LogP contribution is -2.37. The van der Waals surface area contributed by atoms with Gasteiger partial charge in [-0.1, -0.05) is 18.9 Å². The van der Waals surface area contributed by atoms with E-state index < -0.39 is 11.4 Å². The molecular formula is C21H20O4. The molecule has 0 fully saturated rings. The summed E-state index contributed by atoms with van der Waals surface area (Å²) in [6.45, 7) is 1.83. The molecule has 0 amide bonds. The Labute approximate surface area is 147 Å². The van der Waals surface area contributed by atoms with E-state index in [1.807, 2.05) is 6.92 Å². The number of methoxy groups -OCH3 is 1. The summed E-state index contributed by atoms with van der Waals surface area (Å²) in [6, 6.07) is 6.97. The van der Waals surface area contributed by atoms with Gasteiger partial charge in [0.05, 0.1) is 24.4 Å². The molecule has 1 N–H and O–H groups in total. The topological polar surface area (TPSA) is 59.7 Å². The third-order valence-electron chi connectivity index (χ3n) is 4.50. The predicted octanol–water partition coefficient (Wildman–Crippen LogP) is 3.42. The summed E-state index contributed by atoms with van der Waals surface area (Å²) in [5.41, 5.74) is 0.821. The monoisotopic (exact) mass is 336 g/mol. The number of rotatable bonds is 7. The third-order valence-corrected chi connectivity index (χ3v) is 4.50. The Kier molecular flexibility index (Phi) is 5.57. The molecule has 4 heteroatoms. The Balaban J connectivity index is 2.58.